The van der Waals surface area contributed by atoms with Crippen LogP contribution in [0, 0.1) is 5.82 Å². The lowest BCUT2D eigenvalue weighted by Crippen LogP contribution is -1.93. The van der Waals surface area contributed by atoms with Crippen molar-refractivity contribution in [1.82, 2.24) is 4.98 Å². The van der Waals surface area contributed by atoms with Crippen molar-refractivity contribution in [3.05, 3.63) is 83.3 Å². The molecule has 0 fully saturated rings. The van der Waals surface area contributed by atoms with Crippen LogP contribution in [-0.2, 0) is 0 Å². The number of ketones is 1. The molecule has 22 heavy (non-hydrogen) atoms. The number of carbonyl (C=O) groups is 1. The summed E-state index contributed by atoms with van der Waals surface area (Å²) in [6.07, 6.45) is 6.50. The van der Waals surface area contributed by atoms with Crippen molar-refractivity contribution < 1.29 is 9.18 Å². The van der Waals surface area contributed by atoms with Gasteiger partial charge in [0.25, 0.3) is 0 Å². The van der Waals surface area contributed by atoms with Crippen molar-refractivity contribution in [3.63, 3.8) is 0 Å². The van der Waals surface area contributed by atoms with E-state index in [4.69, 9.17) is 0 Å². The number of benzene rings is 1. The van der Waals surface area contributed by atoms with E-state index >= 15 is 0 Å². The molecule has 0 amide bonds. The number of rotatable bonds is 4. The Balaban J connectivity index is 1.75. The molecule has 3 rings (SSSR count). The number of nitrogens with zero attached hydrogens (tertiary/aromatic N) is 1. The summed E-state index contributed by atoms with van der Waals surface area (Å²) in [4.78, 5) is 17.9. The Kier molecular flexibility index (Phi) is 4.21. The van der Waals surface area contributed by atoms with E-state index in [1.807, 2.05) is 12.1 Å². The van der Waals surface area contributed by atoms with Gasteiger partial charge in [-0.2, -0.15) is 0 Å². The molecule has 2 nitrogen and oxygen atoms in total. The van der Waals surface area contributed by atoms with E-state index in [0.29, 0.717) is 5.56 Å². The van der Waals surface area contributed by atoms with Crippen molar-refractivity contribution >= 4 is 23.2 Å². The molecule has 0 aliphatic heterocycles. The summed E-state index contributed by atoms with van der Waals surface area (Å²) in [5, 5.41) is 0. The van der Waals surface area contributed by atoms with Gasteiger partial charge in [0.15, 0.2) is 5.78 Å². The van der Waals surface area contributed by atoms with Crippen LogP contribution in [0.1, 0.15) is 15.2 Å². The first-order valence-electron chi connectivity index (χ1n) is 6.70. The molecule has 2 aromatic heterocycles. The van der Waals surface area contributed by atoms with Gasteiger partial charge >= 0.3 is 0 Å². The van der Waals surface area contributed by atoms with Crippen LogP contribution in [0.5, 0.6) is 0 Å². The average Bonchev–Trinajstić information content (AvgIpc) is 3.03. The van der Waals surface area contributed by atoms with Crippen molar-refractivity contribution in [2.75, 3.05) is 0 Å². The molecule has 2 heterocycles. The fourth-order valence-corrected chi connectivity index (χ4v) is 2.89. The third-order valence-electron chi connectivity index (χ3n) is 3.10. The highest BCUT2D eigenvalue weighted by molar-refractivity contribution is 7.16. The molecule has 0 spiro atoms. The van der Waals surface area contributed by atoms with Crippen molar-refractivity contribution in [2.24, 2.45) is 0 Å². The van der Waals surface area contributed by atoms with E-state index in [0.717, 1.165) is 15.3 Å². The summed E-state index contributed by atoms with van der Waals surface area (Å²) in [7, 11) is 0. The van der Waals surface area contributed by atoms with Gasteiger partial charge in [0.2, 0.25) is 0 Å². The van der Waals surface area contributed by atoms with Crippen LogP contribution < -0.4 is 0 Å². The van der Waals surface area contributed by atoms with Gasteiger partial charge in [-0.3, -0.25) is 9.78 Å². The van der Waals surface area contributed by atoms with Crippen LogP contribution in [0.3, 0.4) is 0 Å². The SMILES string of the molecule is O=C(/C=C/c1ccc(-c2ccc(F)cc2)s1)c1cccnc1. The summed E-state index contributed by atoms with van der Waals surface area (Å²) in [5.74, 6) is -0.327. The van der Waals surface area contributed by atoms with Gasteiger partial charge in [-0.25, -0.2) is 4.39 Å². The monoisotopic (exact) mass is 309 g/mol. The van der Waals surface area contributed by atoms with Gasteiger partial charge in [-0.15, -0.1) is 11.3 Å². The van der Waals surface area contributed by atoms with E-state index < -0.39 is 0 Å². The second-order valence-electron chi connectivity index (χ2n) is 4.65. The molecule has 0 N–H and O–H groups in total. The highest BCUT2D eigenvalue weighted by atomic mass is 32.1. The van der Waals surface area contributed by atoms with E-state index in [-0.39, 0.29) is 11.6 Å². The number of halogens is 1. The molecular weight excluding hydrogens is 297 g/mol. The molecule has 0 aliphatic carbocycles. The smallest absolute Gasteiger partial charge is 0.187 e. The maximum Gasteiger partial charge on any atom is 0.187 e. The number of hydrogen-bond acceptors (Lipinski definition) is 3. The van der Waals surface area contributed by atoms with Crippen molar-refractivity contribution in [1.29, 1.82) is 0 Å². The number of carbonyl (C=O) groups excluding carboxylic acids is 1. The number of hydrogen-bond donors (Lipinski definition) is 0. The van der Waals surface area contributed by atoms with Gasteiger partial charge in [-0.1, -0.05) is 12.1 Å². The first kappa shape index (κ1) is 14.4. The zero-order valence-corrected chi connectivity index (χ0v) is 12.4. The topological polar surface area (TPSA) is 30.0 Å². The third kappa shape index (κ3) is 3.35. The van der Waals surface area contributed by atoms with Crippen LogP contribution in [0.2, 0.25) is 0 Å². The molecule has 1 aromatic carbocycles. The molecule has 0 radical (unpaired) electrons. The van der Waals surface area contributed by atoms with E-state index in [1.54, 1.807) is 54.1 Å². The molecule has 0 saturated heterocycles. The second kappa shape index (κ2) is 6.45. The van der Waals surface area contributed by atoms with Gasteiger partial charge < -0.3 is 0 Å². The van der Waals surface area contributed by atoms with E-state index in [2.05, 4.69) is 4.98 Å². The maximum atomic E-state index is 12.9. The number of allylic oxidation sites excluding steroid dienone is 1. The summed E-state index contributed by atoms with van der Waals surface area (Å²) in [5.41, 5.74) is 1.53. The predicted molar refractivity (Wildman–Crippen MR) is 87.3 cm³/mol. The molecule has 3 aromatic rings. The quantitative estimate of drug-likeness (QED) is 0.509. The fraction of sp³-hybridized carbons (Fsp3) is 0. The highest BCUT2D eigenvalue weighted by Gasteiger charge is 2.03. The molecule has 0 aliphatic rings. The summed E-state index contributed by atoms with van der Waals surface area (Å²) in [6.45, 7) is 0. The Morgan fingerprint density at radius 2 is 1.91 bits per heavy atom. The van der Waals surface area contributed by atoms with Crippen LogP contribution in [-0.4, -0.2) is 10.8 Å². The minimum atomic E-state index is -0.248. The van der Waals surface area contributed by atoms with Crippen LogP contribution >= 0.6 is 11.3 Å². The highest BCUT2D eigenvalue weighted by Crippen LogP contribution is 2.29. The predicted octanol–water partition coefficient (Wildman–Crippen LogP) is 4.85. The van der Waals surface area contributed by atoms with Crippen molar-refractivity contribution in [2.45, 2.75) is 0 Å². The maximum absolute atomic E-state index is 12.9. The number of aromatic nitrogens is 1. The van der Waals surface area contributed by atoms with Gasteiger partial charge in [-0.05, 0) is 54.1 Å². The number of thiophene rings is 1. The zero-order valence-electron chi connectivity index (χ0n) is 11.6. The second-order valence-corrected chi connectivity index (χ2v) is 5.76. The van der Waals surface area contributed by atoms with Crippen LogP contribution in [0.15, 0.2) is 67.0 Å². The lowest BCUT2D eigenvalue weighted by atomic mass is 10.2. The first-order valence-corrected chi connectivity index (χ1v) is 7.52. The Morgan fingerprint density at radius 1 is 1.09 bits per heavy atom. The minimum absolute atomic E-state index is 0.0789. The standard InChI is InChI=1S/C18H12FNOS/c19-15-5-3-13(4-6-15)18-10-8-16(22-18)7-9-17(21)14-2-1-11-20-12-14/h1-12H/b9-7+. The summed E-state index contributed by atoms with van der Waals surface area (Å²) in [6, 6.07) is 13.7. The lowest BCUT2D eigenvalue weighted by molar-refractivity contribution is 0.104. The molecule has 4 heteroatoms. The Hall–Kier alpha value is -2.59. The van der Waals surface area contributed by atoms with Crippen molar-refractivity contribution in [3.8, 4) is 10.4 Å². The number of pyridine rings is 1. The molecular formula is C18H12FNOS. The average molecular weight is 309 g/mol. The molecule has 0 unspecified atom stereocenters. The zero-order chi connectivity index (χ0) is 15.4. The van der Waals surface area contributed by atoms with Gasteiger partial charge in [0.1, 0.15) is 5.82 Å². The van der Waals surface area contributed by atoms with E-state index in [9.17, 15) is 9.18 Å². The molecule has 0 saturated carbocycles. The Morgan fingerprint density at radius 3 is 2.64 bits per heavy atom. The minimum Gasteiger partial charge on any atom is -0.289 e. The third-order valence-corrected chi connectivity index (χ3v) is 4.20. The summed E-state index contributed by atoms with van der Waals surface area (Å²) < 4.78 is 12.9. The normalized spacial score (nSPS) is 11.0. The largest absolute Gasteiger partial charge is 0.289 e. The molecule has 0 bridgehead atoms. The van der Waals surface area contributed by atoms with Crippen LogP contribution in [0.25, 0.3) is 16.5 Å². The summed E-state index contributed by atoms with van der Waals surface area (Å²) >= 11 is 1.55. The van der Waals surface area contributed by atoms with Gasteiger partial charge in [0.05, 0.1) is 0 Å². The Labute approximate surface area is 131 Å². The first-order chi connectivity index (χ1) is 10.7. The fourth-order valence-electron chi connectivity index (χ4n) is 1.97. The molecule has 0 atom stereocenters. The van der Waals surface area contributed by atoms with Gasteiger partial charge in [0, 0.05) is 27.7 Å². The Bertz CT molecular complexity index is 807. The lowest BCUT2D eigenvalue weighted by Gasteiger charge is -1.95. The van der Waals surface area contributed by atoms with E-state index in [1.165, 1.54) is 18.2 Å². The molecule has 108 valence electrons. The van der Waals surface area contributed by atoms with Crippen LogP contribution in [0.4, 0.5) is 4.39 Å².